The summed E-state index contributed by atoms with van der Waals surface area (Å²) in [5, 5.41) is 0. The van der Waals surface area contributed by atoms with Crippen LogP contribution in [0.15, 0.2) is 18.2 Å². The van der Waals surface area contributed by atoms with Crippen molar-refractivity contribution in [1.82, 2.24) is 4.90 Å². The fraction of sp³-hybridized carbons (Fsp3) is 0.650. The summed E-state index contributed by atoms with van der Waals surface area (Å²) in [4.78, 5) is 14.4. The Balaban J connectivity index is 2.81. The second-order valence-electron chi connectivity index (χ2n) is 5.97. The minimum absolute atomic E-state index is 0.170. The molecule has 0 radical (unpaired) electrons. The number of amides is 1. The zero-order valence-corrected chi connectivity index (χ0v) is 16.2. The first-order valence-electron chi connectivity index (χ1n) is 9.31. The minimum atomic E-state index is 0.170. The van der Waals surface area contributed by atoms with E-state index in [0.29, 0.717) is 32.8 Å². The van der Waals surface area contributed by atoms with Crippen LogP contribution >= 0.6 is 0 Å². The molecule has 25 heavy (non-hydrogen) atoms. The number of carbonyl (C=O) groups excluding carboxylic acids is 1. The van der Waals surface area contributed by atoms with Crippen molar-refractivity contribution >= 4 is 5.91 Å². The normalized spacial score (nSPS) is 10.6. The van der Waals surface area contributed by atoms with Crippen molar-refractivity contribution in [3.63, 3.8) is 0 Å². The minimum Gasteiger partial charge on any atom is -0.490 e. The maximum absolute atomic E-state index is 12.4. The van der Waals surface area contributed by atoms with Gasteiger partial charge in [0.1, 0.15) is 0 Å². The Morgan fingerprint density at radius 2 is 1.84 bits per heavy atom. The lowest BCUT2D eigenvalue weighted by molar-refractivity contribution is -0.132. The largest absolute Gasteiger partial charge is 0.490 e. The summed E-state index contributed by atoms with van der Waals surface area (Å²) < 4.78 is 16.5. The van der Waals surface area contributed by atoms with Gasteiger partial charge in [0.2, 0.25) is 5.91 Å². The summed E-state index contributed by atoms with van der Waals surface area (Å²) in [6, 6.07) is 5.94. The molecular weight excluding hydrogens is 318 g/mol. The molecule has 0 saturated carbocycles. The van der Waals surface area contributed by atoms with E-state index in [4.69, 9.17) is 14.2 Å². The third-order valence-electron chi connectivity index (χ3n) is 3.73. The van der Waals surface area contributed by atoms with E-state index in [1.807, 2.05) is 30.0 Å². The number of nitrogens with zero attached hydrogens (tertiary/aromatic N) is 1. The highest BCUT2D eigenvalue weighted by molar-refractivity contribution is 5.76. The van der Waals surface area contributed by atoms with Gasteiger partial charge in [0.05, 0.1) is 13.2 Å². The Hall–Kier alpha value is -1.75. The number of carbonyl (C=O) groups is 1. The van der Waals surface area contributed by atoms with Crippen molar-refractivity contribution in [3.05, 3.63) is 23.8 Å². The fourth-order valence-corrected chi connectivity index (χ4v) is 2.56. The van der Waals surface area contributed by atoms with Gasteiger partial charge in [0.15, 0.2) is 11.5 Å². The van der Waals surface area contributed by atoms with Gasteiger partial charge < -0.3 is 19.1 Å². The Kier molecular flexibility index (Phi) is 10.7. The SMILES string of the molecule is CCCOc1ccc(CN(CCC)C(=O)CCCOC)cc1OCC. The zero-order valence-electron chi connectivity index (χ0n) is 16.2. The highest BCUT2D eigenvalue weighted by atomic mass is 16.5. The van der Waals surface area contributed by atoms with Crippen molar-refractivity contribution in [2.75, 3.05) is 33.5 Å². The summed E-state index contributed by atoms with van der Waals surface area (Å²) in [5.74, 6) is 1.68. The number of benzene rings is 1. The molecule has 0 aliphatic heterocycles. The van der Waals surface area contributed by atoms with Gasteiger partial charge >= 0.3 is 0 Å². The maximum Gasteiger partial charge on any atom is 0.222 e. The van der Waals surface area contributed by atoms with E-state index in [1.165, 1.54) is 0 Å². The van der Waals surface area contributed by atoms with Gasteiger partial charge in [-0.05, 0) is 43.9 Å². The Morgan fingerprint density at radius 1 is 1.04 bits per heavy atom. The van der Waals surface area contributed by atoms with Crippen LogP contribution in [0.25, 0.3) is 0 Å². The van der Waals surface area contributed by atoms with Gasteiger partial charge in [-0.1, -0.05) is 19.9 Å². The zero-order chi connectivity index (χ0) is 18.5. The molecular formula is C20H33NO4. The third kappa shape index (κ3) is 7.78. The second kappa shape index (κ2) is 12.6. The molecule has 5 nitrogen and oxygen atoms in total. The monoisotopic (exact) mass is 351 g/mol. The fourth-order valence-electron chi connectivity index (χ4n) is 2.56. The van der Waals surface area contributed by atoms with E-state index in [1.54, 1.807) is 7.11 Å². The summed E-state index contributed by atoms with van der Waals surface area (Å²) in [6.45, 7) is 9.33. The lowest BCUT2D eigenvalue weighted by atomic mass is 10.1. The predicted octanol–water partition coefficient (Wildman–Crippen LogP) is 4.04. The smallest absolute Gasteiger partial charge is 0.222 e. The summed E-state index contributed by atoms with van der Waals surface area (Å²) in [7, 11) is 1.66. The molecule has 0 fully saturated rings. The van der Waals surface area contributed by atoms with Gasteiger partial charge in [-0.2, -0.15) is 0 Å². The Morgan fingerprint density at radius 3 is 2.48 bits per heavy atom. The van der Waals surface area contributed by atoms with E-state index in [2.05, 4.69) is 13.8 Å². The number of hydrogen-bond donors (Lipinski definition) is 0. The molecule has 1 aromatic carbocycles. The van der Waals surface area contributed by atoms with Crippen molar-refractivity contribution in [2.24, 2.45) is 0 Å². The quantitative estimate of drug-likeness (QED) is 0.503. The average Bonchev–Trinajstić information content (AvgIpc) is 2.61. The van der Waals surface area contributed by atoms with Crippen LogP contribution in [0, 0.1) is 0 Å². The van der Waals surface area contributed by atoms with Crippen LogP contribution in [0.2, 0.25) is 0 Å². The molecule has 0 aliphatic rings. The lowest BCUT2D eigenvalue weighted by Gasteiger charge is -2.23. The molecule has 0 heterocycles. The standard InChI is InChI=1S/C20H33NO4/c1-5-12-21(20(22)9-8-14-23-4)16-17-10-11-18(25-13-6-2)19(15-17)24-7-3/h10-11,15H,5-9,12-14,16H2,1-4H3. The van der Waals surface area contributed by atoms with E-state index in [9.17, 15) is 4.79 Å². The Bertz CT molecular complexity index is 504. The molecule has 0 aromatic heterocycles. The van der Waals surface area contributed by atoms with Crippen LogP contribution in [0.3, 0.4) is 0 Å². The van der Waals surface area contributed by atoms with Crippen molar-refractivity contribution in [1.29, 1.82) is 0 Å². The number of methoxy groups -OCH3 is 1. The third-order valence-corrected chi connectivity index (χ3v) is 3.73. The van der Waals surface area contributed by atoms with Crippen LogP contribution in [0.4, 0.5) is 0 Å². The van der Waals surface area contributed by atoms with Crippen LogP contribution in [-0.4, -0.2) is 44.3 Å². The van der Waals surface area contributed by atoms with Crippen LogP contribution in [-0.2, 0) is 16.1 Å². The first kappa shape index (κ1) is 21.3. The first-order valence-corrected chi connectivity index (χ1v) is 9.31. The molecule has 1 rings (SSSR count). The first-order chi connectivity index (χ1) is 12.2. The summed E-state index contributed by atoms with van der Waals surface area (Å²) in [5.41, 5.74) is 1.06. The highest BCUT2D eigenvalue weighted by Crippen LogP contribution is 2.29. The van der Waals surface area contributed by atoms with Crippen LogP contribution in [0.1, 0.15) is 52.0 Å². The molecule has 5 heteroatoms. The van der Waals surface area contributed by atoms with E-state index < -0.39 is 0 Å². The van der Waals surface area contributed by atoms with Crippen molar-refractivity contribution < 1.29 is 19.0 Å². The molecule has 142 valence electrons. The van der Waals surface area contributed by atoms with Crippen LogP contribution < -0.4 is 9.47 Å². The van der Waals surface area contributed by atoms with E-state index in [-0.39, 0.29) is 5.91 Å². The summed E-state index contributed by atoms with van der Waals surface area (Å²) in [6.07, 6.45) is 3.16. The molecule has 0 spiro atoms. The second-order valence-corrected chi connectivity index (χ2v) is 5.97. The molecule has 0 aliphatic carbocycles. The molecule has 0 bridgehead atoms. The summed E-state index contributed by atoms with van der Waals surface area (Å²) >= 11 is 0. The van der Waals surface area contributed by atoms with Gasteiger partial charge in [-0.25, -0.2) is 0 Å². The van der Waals surface area contributed by atoms with Crippen molar-refractivity contribution in [3.8, 4) is 11.5 Å². The highest BCUT2D eigenvalue weighted by Gasteiger charge is 2.14. The van der Waals surface area contributed by atoms with E-state index in [0.717, 1.165) is 42.9 Å². The van der Waals surface area contributed by atoms with E-state index >= 15 is 0 Å². The van der Waals surface area contributed by atoms with Gasteiger partial charge in [-0.15, -0.1) is 0 Å². The predicted molar refractivity (Wildman–Crippen MR) is 100 cm³/mol. The molecule has 0 unspecified atom stereocenters. The van der Waals surface area contributed by atoms with Gasteiger partial charge in [0.25, 0.3) is 0 Å². The molecule has 1 aromatic rings. The topological polar surface area (TPSA) is 48.0 Å². The molecule has 0 atom stereocenters. The number of hydrogen-bond acceptors (Lipinski definition) is 4. The van der Waals surface area contributed by atoms with Crippen molar-refractivity contribution in [2.45, 2.75) is 53.0 Å². The molecule has 0 N–H and O–H groups in total. The molecule has 0 saturated heterocycles. The van der Waals surface area contributed by atoms with Gasteiger partial charge in [0, 0.05) is 33.2 Å². The molecule has 1 amide bonds. The number of ether oxygens (including phenoxy) is 3. The van der Waals surface area contributed by atoms with Crippen LogP contribution in [0.5, 0.6) is 11.5 Å². The van der Waals surface area contributed by atoms with Gasteiger partial charge in [-0.3, -0.25) is 4.79 Å². The average molecular weight is 351 g/mol. The lowest BCUT2D eigenvalue weighted by Crippen LogP contribution is -2.31. The number of rotatable bonds is 13. The Labute approximate surface area is 152 Å². The maximum atomic E-state index is 12.4.